The van der Waals surface area contributed by atoms with Crippen molar-refractivity contribution in [3.8, 4) is 0 Å². The van der Waals surface area contributed by atoms with Crippen molar-refractivity contribution in [3.63, 3.8) is 0 Å². The van der Waals surface area contributed by atoms with Gasteiger partial charge in [-0.1, -0.05) is 0 Å². The van der Waals surface area contributed by atoms with Crippen LogP contribution in [0.25, 0.3) is 0 Å². The van der Waals surface area contributed by atoms with Gasteiger partial charge in [0.15, 0.2) is 0 Å². The Morgan fingerprint density at radius 3 is 2.58 bits per heavy atom. The van der Waals surface area contributed by atoms with Gasteiger partial charge in [0.25, 0.3) is 5.91 Å². The van der Waals surface area contributed by atoms with E-state index in [2.05, 4.69) is 20.5 Å². The van der Waals surface area contributed by atoms with Crippen LogP contribution in [-0.2, 0) is 24.3 Å². The second kappa shape index (κ2) is 7.34. The highest BCUT2D eigenvalue weighted by Gasteiger charge is 2.49. The number of hydrogen-bond donors (Lipinski definition) is 4. The monoisotopic (exact) mass is 391 g/mol. The largest absolute Gasteiger partial charge is 0.418 e. The Morgan fingerprint density at radius 2 is 1.92 bits per heavy atom. The molecule has 0 aliphatic carbocycles. The van der Waals surface area contributed by atoms with Gasteiger partial charge in [0.05, 0.1) is 12.0 Å². The molecule has 3 atom stereocenters. The first-order chi connectivity index (χ1) is 12.3. The highest BCUT2D eigenvalue weighted by molar-refractivity contribution is 7.80. The van der Waals surface area contributed by atoms with E-state index in [1.54, 1.807) is 0 Å². The molecule has 0 saturated carbocycles. The van der Waals surface area contributed by atoms with Crippen molar-refractivity contribution in [2.75, 3.05) is 19.6 Å². The van der Waals surface area contributed by atoms with Gasteiger partial charge in [-0.05, 0) is 32.2 Å². The predicted octanol–water partition coefficient (Wildman–Crippen LogP) is -1.86. The van der Waals surface area contributed by atoms with Crippen LogP contribution < -0.4 is 16.2 Å². The lowest BCUT2D eigenvalue weighted by Crippen LogP contribution is -2.55. The van der Waals surface area contributed by atoms with Crippen LogP contribution in [0.3, 0.4) is 0 Å². The zero-order chi connectivity index (χ0) is 18.9. The zero-order valence-corrected chi connectivity index (χ0v) is 14.7. The highest BCUT2D eigenvalue weighted by Crippen LogP contribution is 2.30. The third-order valence-electron chi connectivity index (χ3n) is 4.78. The van der Waals surface area contributed by atoms with E-state index in [4.69, 9.17) is 4.55 Å². The first-order valence-corrected chi connectivity index (χ1v) is 9.70. The number of hydrazine groups is 1. The Hall–Kier alpha value is -1.96. The van der Waals surface area contributed by atoms with Crippen molar-refractivity contribution in [1.29, 1.82) is 0 Å². The minimum atomic E-state index is -4.84. The van der Waals surface area contributed by atoms with Gasteiger partial charge in [-0.3, -0.25) is 25.0 Å². The van der Waals surface area contributed by atoms with E-state index in [1.165, 1.54) is 0 Å². The van der Waals surface area contributed by atoms with Crippen LogP contribution in [0.15, 0.2) is 0 Å². The lowest BCUT2D eigenvalue weighted by molar-refractivity contribution is -0.133. The molecular weight excluding hydrogens is 370 g/mol. The molecule has 12 nitrogen and oxygen atoms in total. The molecule has 3 heterocycles. The molecule has 26 heavy (non-hydrogen) atoms. The third kappa shape index (κ3) is 4.06. The molecule has 4 amide bonds. The molecule has 0 radical (unpaired) electrons. The standard InChI is InChI=1S/C13H21N5O7S/c19-11(8-2-1-5-14-6-8)15-16-12(20)10-4-3-9-7-17(10)13(21)18(9)25-26(22,23)24/h8-10,14H,1-7H2,(H,15,19)(H,16,20)(H,22,23,24)/t8?,9?,10-/m0/s1. The van der Waals surface area contributed by atoms with Gasteiger partial charge in [0, 0.05) is 13.1 Å². The Labute approximate surface area is 150 Å². The van der Waals surface area contributed by atoms with Crippen LogP contribution in [0.1, 0.15) is 25.7 Å². The molecule has 146 valence electrons. The first-order valence-electron chi connectivity index (χ1n) is 8.33. The van der Waals surface area contributed by atoms with Crippen LogP contribution in [0.4, 0.5) is 4.79 Å². The lowest BCUT2D eigenvalue weighted by Gasteiger charge is -2.29. The molecule has 3 saturated heterocycles. The lowest BCUT2D eigenvalue weighted by atomic mass is 9.99. The molecule has 2 unspecified atom stereocenters. The normalized spacial score (nSPS) is 28.8. The van der Waals surface area contributed by atoms with Crippen molar-refractivity contribution >= 4 is 28.2 Å². The summed E-state index contributed by atoms with van der Waals surface area (Å²) in [6.45, 7) is 1.49. The third-order valence-corrected chi connectivity index (χ3v) is 5.13. The Kier molecular flexibility index (Phi) is 5.32. The molecule has 3 aliphatic heterocycles. The Morgan fingerprint density at radius 1 is 1.19 bits per heavy atom. The van der Waals surface area contributed by atoms with E-state index in [0.717, 1.165) is 24.3 Å². The maximum Gasteiger partial charge on any atom is 0.418 e. The van der Waals surface area contributed by atoms with Crippen molar-refractivity contribution in [1.82, 2.24) is 26.1 Å². The quantitative estimate of drug-likeness (QED) is 0.321. The smallest absolute Gasteiger partial charge is 0.316 e. The summed E-state index contributed by atoms with van der Waals surface area (Å²) in [4.78, 5) is 37.8. The number of nitrogens with one attached hydrogen (secondary N) is 3. The molecule has 13 heteroatoms. The second-order valence-electron chi connectivity index (χ2n) is 6.53. The van der Waals surface area contributed by atoms with Crippen LogP contribution >= 0.6 is 0 Å². The maximum absolute atomic E-state index is 12.3. The molecule has 2 bridgehead atoms. The van der Waals surface area contributed by atoms with E-state index >= 15 is 0 Å². The van der Waals surface area contributed by atoms with Crippen molar-refractivity contribution < 1.29 is 31.6 Å². The summed E-state index contributed by atoms with van der Waals surface area (Å²) < 4.78 is 34.8. The molecule has 0 aromatic carbocycles. The van der Waals surface area contributed by atoms with E-state index in [9.17, 15) is 22.8 Å². The Bertz CT molecular complexity index is 693. The number of urea groups is 1. The minimum absolute atomic E-state index is 0.0902. The number of fused-ring (bicyclic) bond motifs is 2. The number of hydroxylamine groups is 2. The van der Waals surface area contributed by atoms with E-state index < -0.39 is 34.4 Å². The molecule has 0 spiro atoms. The van der Waals surface area contributed by atoms with Gasteiger partial charge in [-0.2, -0.15) is 13.5 Å². The van der Waals surface area contributed by atoms with Gasteiger partial charge in [-0.15, -0.1) is 4.28 Å². The molecular formula is C13H21N5O7S. The van der Waals surface area contributed by atoms with Crippen molar-refractivity contribution in [3.05, 3.63) is 0 Å². The van der Waals surface area contributed by atoms with E-state index in [-0.39, 0.29) is 24.8 Å². The predicted molar refractivity (Wildman–Crippen MR) is 85.3 cm³/mol. The summed E-state index contributed by atoms with van der Waals surface area (Å²) in [5, 5.41) is 3.67. The summed E-state index contributed by atoms with van der Waals surface area (Å²) in [5.74, 6) is -1.10. The molecule has 0 aromatic heterocycles. The zero-order valence-electron chi connectivity index (χ0n) is 13.9. The van der Waals surface area contributed by atoms with Gasteiger partial charge >= 0.3 is 16.4 Å². The fourth-order valence-corrected chi connectivity index (χ4v) is 3.88. The summed E-state index contributed by atoms with van der Waals surface area (Å²) >= 11 is 0. The van der Waals surface area contributed by atoms with Crippen molar-refractivity contribution in [2.45, 2.75) is 37.8 Å². The van der Waals surface area contributed by atoms with Gasteiger partial charge in [0.2, 0.25) is 5.91 Å². The number of carbonyl (C=O) groups excluding carboxylic acids is 3. The topological polar surface area (TPSA) is 157 Å². The fourth-order valence-electron chi connectivity index (χ4n) is 3.49. The maximum atomic E-state index is 12.3. The van der Waals surface area contributed by atoms with Crippen LogP contribution in [0.5, 0.6) is 0 Å². The van der Waals surface area contributed by atoms with E-state index in [0.29, 0.717) is 18.0 Å². The number of nitrogens with zero attached hydrogens (tertiary/aromatic N) is 2. The number of carbonyl (C=O) groups is 3. The summed E-state index contributed by atoms with van der Waals surface area (Å²) in [6.07, 6.45) is 2.19. The van der Waals surface area contributed by atoms with Crippen LogP contribution in [0.2, 0.25) is 0 Å². The van der Waals surface area contributed by atoms with Gasteiger partial charge in [-0.25, -0.2) is 4.79 Å². The summed E-state index contributed by atoms with van der Waals surface area (Å²) in [5.41, 5.74) is 4.70. The number of piperidine rings is 2. The Balaban J connectivity index is 1.56. The molecule has 3 fully saturated rings. The van der Waals surface area contributed by atoms with Crippen LogP contribution in [0, 0.1) is 5.92 Å². The average molecular weight is 391 g/mol. The van der Waals surface area contributed by atoms with Gasteiger partial charge in [0.1, 0.15) is 6.04 Å². The SMILES string of the molecule is O=C(NNC(=O)[C@@H]1CCC2CN1C(=O)N2OS(=O)(=O)O)C1CCCNC1. The fraction of sp³-hybridized carbons (Fsp3) is 0.769. The number of amides is 4. The molecule has 4 N–H and O–H groups in total. The van der Waals surface area contributed by atoms with E-state index in [1.807, 2.05) is 0 Å². The summed E-state index contributed by atoms with van der Waals surface area (Å²) in [7, 11) is -4.84. The average Bonchev–Trinajstić information content (AvgIpc) is 2.84. The second-order valence-corrected chi connectivity index (χ2v) is 7.54. The summed E-state index contributed by atoms with van der Waals surface area (Å²) in [6, 6.07) is -2.26. The highest BCUT2D eigenvalue weighted by atomic mass is 32.3. The first kappa shape index (κ1) is 18.8. The molecule has 0 aromatic rings. The number of hydrogen-bond acceptors (Lipinski definition) is 7. The van der Waals surface area contributed by atoms with Gasteiger partial charge < -0.3 is 10.2 Å². The number of rotatable bonds is 4. The minimum Gasteiger partial charge on any atom is -0.316 e. The van der Waals surface area contributed by atoms with Crippen molar-refractivity contribution in [2.24, 2.45) is 5.92 Å². The van der Waals surface area contributed by atoms with Crippen LogP contribution in [-0.4, -0.2) is 72.5 Å². The molecule has 3 aliphatic rings. The molecule has 3 rings (SSSR count).